The molecule has 0 bridgehead atoms. The van der Waals surface area contributed by atoms with Gasteiger partial charge in [-0.25, -0.2) is 14.2 Å². The molecule has 1 aromatic heterocycles. The Morgan fingerprint density at radius 2 is 2.14 bits per heavy atom. The molecule has 10 heteroatoms. The van der Waals surface area contributed by atoms with Crippen LogP contribution in [-0.4, -0.2) is 34.3 Å². The number of nitrogens with one attached hydrogen (secondary N) is 1. The number of thiazole rings is 1. The number of carbonyl (C=O) groups is 3. The molecule has 0 aliphatic carbocycles. The molecular weight excluding hydrogens is 451 g/mol. The van der Waals surface area contributed by atoms with Crippen molar-refractivity contribution in [3.05, 3.63) is 45.1 Å². The summed E-state index contributed by atoms with van der Waals surface area (Å²) in [6.07, 6.45) is 0. The van der Waals surface area contributed by atoms with Crippen molar-refractivity contribution in [1.29, 1.82) is 0 Å². The minimum Gasteiger partial charge on any atom is -0.319 e. The lowest BCUT2D eigenvalue weighted by Crippen LogP contribution is -2.41. The summed E-state index contributed by atoms with van der Waals surface area (Å²) in [7, 11) is 0. The highest BCUT2D eigenvalue weighted by Gasteiger charge is 2.50. The van der Waals surface area contributed by atoms with Crippen molar-refractivity contribution in [2.24, 2.45) is 0 Å². The average Bonchev–Trinajstić information content (AvgIpc) is 3.14. The Bertz CT molecular complexity index is 966. The molecule has 2 heterocycles. The number of nitrogens with zero attached hydrogens (tertiary/aromatic N) is 3. The van der Waals surface area contributed by atoms with E-state index >= 15 is 0 Å². The molecule has 3 rings (SSSR count). The van der Waals surface area contributed by atoms with Gasteiger partial charge in [0.25, 0.3) is 5.91 Å². The molecule has 1 atom stereocenters. The van der Waals surface area contributed by atoms with E-state index < -0.39 is 23.3 Å². The Balaban J connectivity index is 1.85. The van der Waals surface area contributed by atoms with Gasteiger partial charge in [-0.05, 0) is 26.0 Å². The molecule has 28 heavy (non-hydrogen) atoms. The van der Waals surface area contributed by atoms with Crippen molar-refractivity contribution in [1.82, 2.24) is 15.2 Å². The fourth-order valence-corrected chi connectivity index (χ4v) is 4.74. The first kappa shape index (κ1) is 20.4. The highest BCUT2D eigenvalue weighted by molar-refractivity contribution is 9.10. The standard InChI is InChI=1S/C18H18BrFN4O3S/c1-4-23(10(2)25)17-21-12(9-28-17)8-24-15(26)18(3,22-16(24)27)13-6-5-11(20)7-14(13)19/h5-7,9H,4,8H2,1-3H3,(H,22,27)/t18-/m0/s1. The zero-order valence-corrected chi connectivity index (χ0v) is 17.9. The van der Waals surface area contributed by atoms with Gasteiger partial charge in [-0.1, -0.05) is 22.0 Å². The molecule has 1 aromatic carbocycles. The number of halogens is 2. The minimum atomic E-state index is -1.32. The van der Waals surface area contributed by atoms with E-state index in [1.54, 1.807) is 12.3 Å². The highest BCUT2D eigenvalue weighted by Crippen LogP contribution is 2.35. The van der Waals surface area contributed by atoms with Gasteiger partial charge >= 0.3 is 6.03 Å². The summed E-state index contributed by atoms with van der Waals surface area (Å²) in [5.41, 5.74) is -0.356. The number of hydrogen-bond acceptors (Lipinski definition) is 5. The normalized spacial score (nSPS) is 19.1. The average molecular weight is 469 g/mol. The Labute approximate surface area is 173 Å². The van der Waals surface area contributed by atoms with Gasteiger partial charge in [0.2, 0.25) is 5.91 Å². The van der Waals surface area contributed by atoms with E-state index in [0.29, 0.717) is 27.4 Å². The predicted octanol–water partition coefficient (Wildman–Crippen LogP) is 3.38. The van der Waals surface area contributed by atoms with Gasteiger partial charge < -0.3 is 5.32 Å². The first-order valence-electron chi connectivity index (χ1n) is 8.49. The number of urea groups is 1. The third kappa shape index (κ3) is 3.53. The molecule has 148 valence electrons. The van der Waals surface area contributed by atoms with Crippen molar-refractivity contribution < 1.29 is 18.8 Å². The van der Waals surface area contributed by atoms with Crippen LogP contribution in [0.15, 0.2) is 28.1 Å². The van der Waals surface area contributed by atoms with E-state index in [1.807, 2.05) is 6.92 Å². The van der Waals surface area contributed by atoms with Crippen molar-refractivity contribution in [3.63, 3.8) is 0 Å². The molecule has 2 aromatic rings. The van der Waals surface area contributed by atoms with Gasteiger partial charge in [0.15, 0.2) is 5.13 Å². The largest absolute Gasteiger partial charge is 0.325 e. The number of benzene rings is 1. The molecule has 0 radical (unpaired) electrons. The highest BCUT2D eigenvalue weighted by atomic mass is 79.9. The van der Waals surface area contributed by atoms with E-state index in [1.165, 1.54) is 41.4 Å². The molecule has 7 nitrogen and oxygen atoms in total. The quantitative estimate of drug-likeness (QED) is 0.681. The summed E-state index contributed by atoms with van der Waals surface area (Å²) < 4.78 is 13.8. The van der Waals surface area contributed by atoms with Crippen LogP contribution in [0.3, 0.4) is 0 Å². The van der Waals surface area contributed by atoms with Crippen LogP contribution >= 0.6 is 27.3 Å². The van der Waals surface area contributed by atoms with Crippen molar-refractivity contribution >= 4 is 50.2 Å². The molecule has 1 aliphatic rings. The lowest BCUT2D eigenvalue weighted by molar-refractivity contribution is -0.131. The van der Waals surface area contributed by atoms with E-state index in [9.17, 15) is 18.8 Å². The molecular formula is C18H18BrFN4O3S. The second kappa shape index (κ2) is 7.59. The Kier molecular flexibility index (Phi) is 5.53. The zero-order valence-electron chi connectivity index (χ0n) is 15.5. The van der Waals surface area contributed by atoms with Gasteiger partial charge in [0.05, 0.1) is 12.2 Å². The number of imide groups is 1. The summed E-state index contributed by atoms with van der Waals surface area (Å²) in [6, 6.07) is 3.39. The monoisotopic (exact) mass is 468 g/mol. The van der Waals surface area contributed by atoms with E-state index in [0.717, 1.165) is 4.90 Å². The molecule has 4 amide bonds. The topological polar surface area (TPSA) is 82.6 Å². The molecule has 1 N–H and O–H groups in total. The maximum atomic E-state index is 13.4. The first-order chi connectivity index (χ1) is 13.2. The molecule has 0 unspecified atom stereocenters. The molecule has 1 aliphatic heterocycles. The molecule has 0 saturated carbocycles. The Hall–Kier alpha value is -2.33. The fraction of sp³-hybridized carbons (Fsp3) is 0.333. The lowest BCUT2D eigenvalue weighted by Gasteiger charge is -2.23. The predicted molar refractivity (Wildman–Crippen MR) is 106 cm³/mol. The Morgan fingerprint density at radius 1 is 1.43 bits per heavy atom. The van der Waals surface area contributed by atoms with E-state index in [-0.39, 0.29) is 12.5 Å². The van der Waals surface area contributed by atoms with Crippen LogP contribution in [0.2, 0.25) is 0 Å². The summed E-state index contributed by atoms with van der Waals surface area (Å²) in [4.78, 5) is 44.1. The van der Waals surface area contributed by atoms with Crippen LogP contribution in [0, 0.1) is 5.82 Å². The van der Waals surface area contributed by atoms with Crippen LogP contribution < -0.4 is 10.2 Å². The van der Waals surface area contributed by atoms with Gasteiger partial charge in [-0.3, -0.25) is 19.4 Å². The third-order valence-electron chi connectivity index (χ3n) is 4.53. The molecule has 1 fully saturated rings. The van der Waals surface area contributed by atoms with E-state index in [4.69, 9.17) is 0 Å². The summed E-state index contributed by atoms with van der Waals surface area (Å²) in [5, 5.41) is 4.91. The second-order valence-corrected chi connectivity index (χ2v) is 8.15. The van der Waals surface area contributed by atoms with Crippen LogP contribution in [0.5, 0.6) is 0 Å². The van der Waals surface area contributed by atoms with Crippen molar-refractivity contribution in [2.75, 3.05) is 11.4 Å². The lowest BCUT2D eigenvalue weighted by atomic mass is 9.92. The van der Waals surface area contributed by atoms with Gasteiger partial charge in [0, 0.05) is 28.9 Å². The van der Waals surface area contributed by atoms with Crippen LogP contribution in [0.1, 0.15) is 32.0 Å². The Morgan fingerprint density at radius 3 is 2.75 bits per heavy atom. The number of carbonyl (C=O) groups excluding carboxylic acids is 3. The van der Waals surface area contributed by atoms with Crippen LogP contribution in [-0.2, 0) is 21.7 Å². The van der Waals surface area contributed by atoms with Crippen LogP contribution in [0.4, 0.5) is 14.3 Å². The molecule has 0 spiro atoms. The van der Waals surface area contributed by atoms with Crippen LogP contribution in [0.25, 0.3) is 0 Å². The maximum absolute atomic E-state index is 13.4. The number of anilines is 1. The van der Waals surface area contributed by atoms with Crippen molar-refractivity contribution in [2.45, 2.75) is 32.9 Å². The third-order valence-corrected chi connectivity index (χ3v) is 6.10. The minimum absolute atomic E-state index is 0.0228. The van der Waals surface area contributed by atoms with E-state index in [2.05, 4.69) is 26.2 Å². The smallest absolute Gasteiger partial charge is 0.319 e. The van der Waals surface area contributed by atoms with Gasteiger partial charge in [0.1, 0.15) is 11.4 Å². The fourth-order valence-electron chi connectivity index (χ4n) is 3.07. The second-order valence-electron chi connectivity index (χ2n) is 6.46. The van der Waals surface area contributed by atoms with Gasteiger partial charge in [-0.15, -0.1) is 11.3 Å². The first-order valence-corrected chi connectivity index (χ1v) is 10.2. The van der Waals surface area contributed by atoms with Crippen molar-refractivity contribution in [3.8, 4) is 0 Å². The molecule has 1 saturated heterocycles. The summed E-state index contributed by atoms with van der Waals surface area (Å²) in [5.74, 6) is -1.04. The maximum Gasteiger partial charge on any atom is 0.325 e. The number of hydrogen-bond donors (Lipinski definition) is 1. The number of rotatable bonds is 5. The van der Waals surface area contributed by atoms with Gasteiger partial charge in [-0.2, -0.15) is 0 Å². The number of amides is 4. The zero-order chi connectivity index (χ0) is 20.6. The summed E-state index contributed by atoms with van der Waals surface area (Å²) in [6.45, 7) is 5.32. The SMILES string of the molecule is CCN(C(C)=O)c1nc(CN2C(=O)N[C@@](C)(c3ccc(F)cc3Br)C2=O)cs1. The summed E-state index contributed by atoms with van der Waals surface area (Å²) >= 11 is 4.53. The number of aromatic nitrogens is 1.